The number of esters is 2. The Morgan fingerprint density at radius 2 is 1.79 bits per heavy atom. The third-order valence-electron chi connectivity index (χ3n) is 10.9. The Bertz CT molecular complexity index is 753. The number of hydrogen-bond acceptors (Lipinski definition) is 6. The van der Waals surface area contributed by atoms with Crippen molar-refractivity contribution >= 4 is 11.9 Å². The zero-order valence-electron chi connectivity index (χ0n) is 21.1. The van der Waals surface area contributed by atoms with Crippen molar-refractivity contribution in [2.24, 2.45) is 46.3 Å². The lowest BCUT2D eigenvalue weighted by Gasteiger charge is -2.63. The van der Waals surface area contributed by atoms with Gasteiger partial charge in [0.1, 0.15) is 6.10 Å². The van der Waals surface area contributed by atoms with Crippen molar-refractivity contribution < 1.29 is 29.3 Å². The minimum Gasteiger partial charge on any atom is -0.469 e. The summed E-state index contributed by atoms with van der Waals surface area (Å²) < 4.78 is 10.4. The van der Waals surface area contributed by atoms with Crippen LogP contribution < -0.4 is 0 Å². The largest absolute Gasteiger partial charge is 0.469 e. The van der Waals surface area contributed by atoms with Crippen molar-refractivity contribution in [3.8, 4) is 0 Å². The molecule has 0 heterocycles. The molecule has 0 bridgehead atoms. The summed E-state index contributed by atoms with van der Waals surface area (Å²) in [5, 5.41) is 23.1. The van der Waals surface area contributed by atoms with Crippen molar-refractivity contribution in [1.82, 2.24) is 0 Å². The van der Waals surface area contributed by atoms with Crippen LogP contribution >= 0.6 is 0 Å². The molecule has 188 valence electrons. The molecule has 0 amide bonds. The van der Waals surface area contributed by atoms with Gasteiger partial charge >= 0.3 is 11.9 Å². The molecule has 6 nitrogen and oxygen atoms in total. The SMILES string of the molecule is COC(=O)CC[C@@H](C)[C@H]1CC[C@H]2[C@@H]3[C@H](O)C[C@H]4C[C@@H](OC(C)=O)CC[C@]4(C)[C@H]3C[C@H](O)[C@]12C. The van der Waals surface area contributed by atoms with E-state index in [9.17, 15) is 19.8 Å². The van der Waals surface area contributed by atoms with Crippen LogP contribution in [-0.4, -0.2) is 47.6 Å². The van der Waals surface area contributed by atoms with Crippen LogP contribution in [0.4, 0.5) is 0 Å². The Morgan fingerprint density at radius 3 is 2.45 bits per heavy atom. The maximum atomic E-state index is 11.7. The van der Waals surface area contributed by atoms with Crippen LogP contribution in [-0.2, 0) is 19.1 Å². The fourth-order valence-electron chi connectivity index (χ4n) is 9.11. The van der Waals surface area contributed by atoms with E-state index in [2.05, 4.69) is 20.8 Å². The molecule has 4 saturated carbocycles. The summed E-state index contributed by atoms with van der Waals surface area (Å²) in [7, 11) is 1.43. The first-order chi connectivity index (χ1) is 15.5. The monoisotopic (exact) mass is 464 g/mol. The Balaban J connectivity index is 1.54. The molecule has 0 unspecified atom stereocenters. The van der Waals surface area contributed by atoms with Gasteiger partial charge in [0.2, 0.25) is 0 Å². The molecule has 0 aromatic carbocycles. The summed E-state index contributed by atoms with van der Waals surface area (Å²) in [5.74, 6) is 1.41. The maximum Gasteiger partial charge on any atom is 0.305 e. The van der Waals surface area contributed by atoms with Crippen LogP contribution in [0.1, 0.15) is 85.5 Å². The van der Waals surface area contributed by atoms with E-state index in [4.69, 9.17) is 9.47 Å². The van der Waals surface area contributed by atoms with Gasteiger partial charge in [0.05, 0.1) is 19.3 Å². The van der Waals surface area contributed by atoms with Gasteiger partial charge in [-0.25, -0.2) is 0 Å². The van der Waals surface area contributed by atoms with Crippen molar-refractivity contribution in [3.63, 3.8) is 0 Å². The van der Waals surface area contributed by atoms with Gasteiger partial charge in [-0.15, -0.1) is 0 Å². The minimum absolute atomic E-state index is 0.0466. The Kier molecular flexibility index (Phi) is 6.92. The van der Waals surface area contributed by atoms with Crippen LogP contribution in [0, 0.1) is 46.3 Å². The number of methoxy groups -OCH3 is 1. The molecular formula is C27H44O6. The van der Waals surface area contributed by atoms with Crippen LogP contribution in [0.3, 0.4) is 0 Å². The second kappa shape index (κ2) is 9.14. The van der Waals surface area contributed by atoms with Crippen LogP contribution in [0.25, 0.3) is 0 Å². The van der Waals surface area contributed by atoms with Crippen molar-refractivity contribution in [2.75, 3.05) is 7.11 Å². The molecule has 0 aromatic rings. The lowest BCUT2D eigenvalue weighted by molar-refractivity contribution is -0.209. The van der Waals surface area contributed by atoms with E-state index in [1.165, 1.54) is 14.0 Å². The van der Waals surface area contributed by atoms with Crippen LogP contribution in [0.15, 0.2) is 0 Å². The third kappa shape index (κ3) is 4.13. The molecule has 0 aromatic heterocycles. The zero-order valence-corrected chi connectivity index (χ0v) is 21.1. The van der Waals surface area contributed by atoms with Gasteiger partial charge in [-0.1, -0.05) is 20.8 Å². The Morgan fingerprint density at radius 1 is 1.06 bits per heavy atom. The normalized spacial score (nSPS) is 47.6. The minimum atomic E-state index is -0.397. The highest BCUT2D eigenvalue weighted by molar-refractivity contribution is 5.69. The second-order valence-corrected chi connectivity index (χ2v) is 12.2. The Hall–Kier alpha value is -1.14. The molecular weight excluding hydrogens is 420 g/mol. The molecule has 4 aliphatic carbocycles. The quantitative estimate of drug-likeness (QED) is 0.595. The van der Waals surface area contributed by atoms with E-state index in [0.717, 1.165) is 51.4 Å². The molecule has 0 radical (unpaired) electrons. The Labute approximate surface area is 198 Å². The maximum absolute atomic E-state index is 11.7. The van der Waals surface area contributed by atoms with Crippen molar-refractivity contribution in [1.29, 1.82) is 0 Å². The average molecular weight is 465 g/mol. The molecule has 0 aliphatic heterocycles. The first kappa shape index (κ1) is 25.0. The number of rotatable bonds is 5. The second-order valence-electron chi connectivity index (χ2n) is 12.2. The lowest BCUT2D eigenvalue weighted by atomic mass is 9.43. The predicted octanol–water partition coefficient (Wildman–Crippen LogP) is 4.11. The number of fused-ring (bicyclic) bond motifs is 5. The number of aliphatic hydroxyl groups excluding tert-OH is 2. The molecule has 2 N–H and O–H groups in total. The van der Waals surface area contributed by atoms with E-state index in [-0.39, 0.29) is 40.9 Å². The number of ether oxygens (including phenoxy) is 2. The molecule has 4 aliphatic rings. The summed E-state index contributed by atoms with van der Waals surface area (Å²) in [5.41, 5.74) is -0.159. The molecule has 6 heteroatoms. The summed E-state index contributed by atoms with van der Waals surface area (Å²) in [6.45, 7) is 8.31. The van der Waals surface area contributed by atoms with E-state index in [1.54, 1.807) is 0 Å². The van der Waals surface area contributed by atoms with Gasteiger partial charge in [0.25, 0.3) is 0 Å². The van der Waals surface area contributed by atoms with Gasteiger partial charge in [0.15, 0.2) is 0 Å². The molecule has 33 heavy (non-hydrogen) atoms. The predicted molar refractivity (Wildman–Crippen MR) is 124 cm³/mol. The van der Waals surface area contributed by atoms with E-state index in [0.29, 0.717) is 36.0 Å². The average Bonchev–Trinajstić information content (AvgIpc) is 3.11. The number of hydrogen-bond donors (Lipinski definition) is 2. The van der Waals surface area contributed by atoms with E-state index < -0.39 is 6.10 Å². The first-order valence-electron chi connectivity index (χ1n) is 13.1. The van der Waals surface area contributed by atoms with E-state index in [1.807, 2.05) is 0 Å². The number of carbonyl (C=O) groups is 2. The standard InChI is InChI=1S/C27H44O6/c1-15(6-9-24(31)32-5)19-7-8-20-25-21(14-23(30)27(19,20)4)26(3)11-10-18(33-16(2)28)12-17(26)13-22(25)29/h15,17-23,25,29-30H,6-14H2,1-5H3/t15-,17-,18+,19-,20+,21+,22-,23+,25+,26+,27-/m1/s1. The summed E-state index contributed by atoms with van der Waals surface area (Å²) in [6, 6.07) is 0. The first-order valence-corrected chi connectivity index (χ1v) is 13.1. The van der Waals surface area contributed by atoms with Gasteiger partial charge in [-0.3, -0.25) is 9.59 Å². The van der Waals surface area contributed by atoms with Gasteiger partial charge < -0.3 is 19.7 Å². The topological polar surface area (TPSA) is 93.1 Å². The number of carbonyl (C=O) groups excluding carboxylic acids is 2. The van der Waals surface area contributed by atoms with Gasteiger partial charge in [-0.05, 0) is 97.7 Å². The lowest BCUT2D eigenvalue weighted by Crippen LogP contribution is -2.62. The van der Waals surface area contributed by atoms with Crippen LogP contribution in [0.2, 0.25) is 0 Å². The summed E-state index contributed by atoms with van der Waals surface area (Å²) >= 11 is 0. The molecule has 4 fully saturated rings. The highest BCUT2D eigenvalue weighted by Crippen LogP contribution is 2.68. The molecule has 4 rings (SSSR count). The zero-order chi connectivity index (χ0) is 24.1. The molecule has 11 atom stereocenters. The smallest absolute Gasteiger partial charge is 0.305 e. The van der Waals surface area contributed by atoms with Gasteiger partial charge in [0, 0.05) is 13.3 Å². The number of aliphatic hydroxyl groups is 2. The molecule has 0 saturated heterocycles. The third-order valence-corrected chi connectivity index (χ3v) is 10.9. The highest BCUT2D eigenvalue weighted by atomic mass is 16.5. The van der Waals surface area contributed by atoms with Gasteiger partial charge in [-0.2, -0.15) is 0 Å². The van der Waals surface area contributed by atoms with Crippen LogP contribution in [0.5, 0.6) is 0 Å². The fourth-order valence-corrected chi connectivity index (χ4v) is 9.11. The highest BCUT2D eigenvalue weighted by Gasteiger charge is 2.65. The van der Waals surface area contributed by atoms with Crippen molar-refractivity contribution in [2.45, 2.75) is 104 Å². The summed E-state index contributed by atoms with van der Waals surface area (Å²) in [4.78, 5) is 23.2. The summed E-state index contributed by atoms with van der Waals surface area (Å²) in [6.07, 6.45) is 6.65. The van der Waals surface area contributed by atoms with E-state index >= 15 is 0 Å². The van der Waals surface area contributed by atoms with Crippen molar-refractivity contribution in [3.05, 3.63) is 0 Å². The molecule has 0 spiro atoms. The fraction of sp³-hybridized carbons (Fsp3) is 0.926.